The molecule has 0 heterocycles. The highest BCUT2D eigenvalue weighted by atomic mass is 32.2. The fourth-order valence-electron chi connectivity index (χ4n) is 1.45. The first-order valence-corrected chi connectivity index (χ1v) is 7.91. The molecule has 0 unspecified atom stereocenters. The van der Waals surface area contributed by atoms with Gasteiger partial charge in [0.25, 0.3) is 0 Å². The number of esters is 1. The number of nitrogens with one attached hydrogen (secondary N) is 1. The molecule has 0 saturated heterocycles. The van der Waals surface area contributed by atoms with E-state index in [1.54, 1.807) is 19.1 Å². The van der Waals surface area contributed by atoms with Crippen LogP contribution in [0.4, 0.5) is 5.69 Å². The maximum atomic E-state index is 11.7. The average molecular weight is 285 g/mol. The van der Waals surface area contributed by atoms with E-state index in [0.717, 1.165) is 6.42 Å². The predicted molar refractivity (Wildman–Crippen MR) is 74.7 cm³/mol. The lowest BCUT2D eigenvalue weighted by Gasteiger charge is -2.08. The molecule has 19 heavy (non-hydrogen) atoms. The maximum Gasteiger partial charge on any atom is 0.338 e. The number of carbonyl (C=O) groups is 1. The molecule has 0 saturated carbocycles. The third kappa shape index (κ3) is 5.30. The fourth-order valence-corrected chi connectivity index (χ4v) is 2.72. The Labute approximate surface area is 114 Å². The third-order valence-electron chi connectivity index (χ3n) is 2.44. The predicted octanol–water partition coefficient (Wildman–Crippen LogP) is 2.41. The van der Waals surface area contributed by atoms with Crippen LogP contribution in [-0.4, -0.2) is 26.7 Å². The lowest BCUT2D eigenvalue weighted by Crippen LogP contribution is -2.16. The summed E-state index contributed by atoms with van der Waals surface area (Å²) in [6.07, 6.45) is 1.44. The molecule has 0 radical (unpaired) electrons. The van der Waals surface area contributed by atoms with Gasteiger partial charge >= 0.3 is 5.97 Å². The van der Waals surface area contributed by atoms with Gasteiger partial charge in [0.2, 0.25) is 10.0 Å². The van der Waals surface area contributed by atoms with Crippen molar-refractivity contribution >= 4 is 21.7 Å². The number of benzene rings is 1. The number of hydrogen-bond acceptors (Lipinski definition) is 4. The van der Waals surface area contributed by atoms with Crippen LogP contribution in [-0.2, 0) is 14.8 Å². The zero-order valence-corrected chi connectivity index (χ0v) is 12.0. The van der Waals surface area contributed by atoms with E-state index in [-0.39, 0.29) is 5.75 Å². The van der Waals surface area contributed by atoms with Crippen LogP contribution in [0.3, 0.4) is 0 Å². The smallest absolute Gasteiger partial charge is 0.338 e. The standard InChI is InChI=1S/C13H19NO4S/c1-3-5-10-19(16,17)14-12-8-6-11(7-9-12)13(15)18-4-2/h6-9,14H,3-5,10H2,1-2H3. The van der Waals surface area contributed by atoms with Crippen molar-refractivity contribution in [2.45, 2.75) is 26.7 Å². The molecular weight excluding hydrogens is 266 g/mol. The summed E-state index contributed by atoms with van der Waals surface area (Å²) in [5.74, 6) is -0.314. The van der Waals surface area contributed by atoms with Crippen LogP contribution >= 0.6 is 0 Å². The highest BCUT2D eigenvalue weighted by Gasteiger charge is 2.10. The zero-order chi connectivity index (χ0) is 14.3. The second kappa shape index (κ2) is 7.13. The number of anilines is 1. The molecule has 0 aliphatic carbocycles. The molecule has 6 heteroatoms. The minimum atomic E-state index is -3.31. The van der Waals surface area contributed by atoms with Crippen molar-refractivity contribution in [2.24, 2.45) is 0 Å². The van der Waals surface area contributed by atoms with Crippen LogP contribution in [0.15, 0.2) is 24.3 Å². The summed E-state index contributed by atoms with van der Waals surface area (Å²) in [7, 11) is -3.31. The van der Waals surface area contributed by atoms with Gasteiger partial charge in [-0.3, -0.25) is 4.72 Å². The normalized spacial score (nSPS) is 11.1. The number of sulfonamides is 1. The molecule has 0 atom stereocenters. The molecule has 1 aromatic carbocycles. The van der Waals surface area contributed by atoms with E-state index in [9.17, 15) is 13.2 Å². The Morgan fingerprint density at radius 2 is 1.84 bits per heavy atom. The van der Waals surface area contributed by atoms with Gasteiger partial charge in [0.1, 0.15) is 0 Å². The Hall–Kier alpha value is -1.56. The van der Waals surface area contributed by atoms with Crippen LogP contribution in [0.2, 0.25) is 0 Å². The van der Waals surface area contributed by atoms with E-state index in [0.29, 0.717) is 24.3 Å². The van der Waals surface area contributed by atoms with Gasteiger partial charge < -0.3 is 4.74 Å². The Bertz CT molecular complexity index is 508. The highest BCUT2D eigenvalue weighted by molar-refractivity contribution is 7.92. The molecule has 0 aliphatic rings. The van der Waals surface area contributed by atoms with Crippen LogP contribution in [0.5, 0.6) is 0 Å². The van der Waals surface area contributed by atoms with E-state index in [4.69, 9.17) is 4.74 Å². The average Bonchev–Trinajstić information content (AvgIpc) is 2.37. The van der Waals surface area contributed by atoms with Crippen LogP contribution in [0.1, 0.15) is 37.0 Å². The van der Waals surface area contributed by atoms with Gasteiger partial charge in [-0.05, 0) is 37.6 Å². The summed E-state index contributed by atoms with van der Waals surface area (Å²) in [6, 6.07) is 6.18. The molecule has 1 aromatic rings. The quantitative estimate of drug-likeness (QED) is 0.781. The van der Waals surface area contributed by atoms with Gasteiger partial charge in [-0.25, -0.2) is 13.2 Å². The molecule has 0 aromatic heterocycles. The van der Waals surface area contributed by atoms with Gasteiger partial charge in [0.05, 0.1) is 17.9 Å². The molecule has 0 spiro atoms. The van der Waals surface area contributed by atoms with Crippen molar-refractivity contribution in [2.75, 3.05) is 17.1 Å². The molecule has 0 fully saturated rings. The summed E-state index contributed by atoms with van der Waals surface area (Å²) in [5.41, 5.74) is 0.850. The van der Waals surface area contributed by atoms with Gasteiger partial charge in [-0.15, -0.1) is 0 Å². The van der Waals surface area contributed by atoms with Crippen molar-refractivity contribution in [3.05, 3.63) is 29.8 Å². The molecule has 106 valence electrons. The second-order valence-corrected chi connectivity index (χ2v) is 5.91. The maximum absolute atomic E-state index is 11.7. The Kier molecular flexibility index (Phi) is 5.82. The summed E-state index contributed by atoms with van der Waals surface area (Å²) >= 11 is 0. The van der Waals surface area contributed by atoms with Crippen molar-refractivity contribution in [1.29, 1.82) is 0 Å². The topological polar surface area (TPSA) is 72.5 Å². The van der Waals surface area contributed by atoms with E-state index < -0.39 is 16.0 Å². The summed E-state index contributed by atoms with van der Waals surface area (Å²) in [4.78, 5) is 11.4. The minimum absolute atomic E-state index is 0.100. The molecule has 1 rings (SSSR count). The first kappa shape index (κ1) is 15.5. The SMILES string of the molecule is CCCCS(=O)(=O)Nc1ccc(C(=O)OCC)cc1. The van der Waals surface area contributed by atoms with Crippen molar-refractivity contribution < 1.29 is 17.9 Å². The lowest BCUT2D eigenvalue weighted by molar-refractivity contribution is 0.0526. The molecule has 0 amide bonds. The van der Waals surface area contributed by atoms with Crippen LogP contribution in [0, 0.1) is 0 Å². The fraction of sp³-hybridized carbons (Fsp3) is 0.462. The third-order valence-corrected chi connectivity index (χ3v) is 3.81. The molecule has 0 bridgehead atoms. The summed E-state index contributed by atoms with van der Waals surface area (Å²) in [5, 5.41) is 0. The second-order valence-electron chi connectivity index (χ2n) is 4.07. The Morgan fingerprint density at radius 3 is 2.37 bits per heavy atom. The molecular formula is C13H19NO4S. The molecule has 0 aliphatic heterocycles. The Morgan fingerprint density at radius 1 is 1.21 bits per heavy atom. The van der Waals surface area contributed by atoms with Gasteiger partial charge in [0, 0.05) is 5.69 Å². The monoisotopic (exact) mass is 285 g/mol. The number of ether oxygens (including phenoxy) is 1. The van der Waals surface area contributed by atoms with Gasteiger partial charge in [-0.1, -0.05) is 13.3 Å². The van der Waals surface area contributed by atoms with E-state index in [1.165, 1.54) is 12.1 Å². The zero-order valence-electron chi connectivity index (χ0n) is 11.2. The number of rotatable bonds is 7. The lowest BCUT2D eigenvalue weighted by atomic mass is 10.2. The van der Waals surface area contributed by atoms with Gasteiger partial charge in [-0.2, -0.15) is 0 Å². The van der Waals surface area contributed by atoms with Crippen molar-refractivity contribution in [3.63, 3.8) is 0 Å². The largest absolute Gasteiger partial charge is 0.462 e. The summed E-state index contributed by atoms with van der Waals surface area (Å²) < 4.78 is 30.7. The van der Waals surface area contributed by atoms with E-state index >= 15 is 0 Å². The minimum Gasteiger partial charge on any atom is -0.462 e. The van der Waals surface area contributed by atoms with Crippen molar-refractivity contribution in [3.8, 4) is 0 Å². The van der Waals surface area contributed by atoms with Crippen molar-refractivity contribution in [1.82, 2.24) is 0 Å². The van der Waals surface area contributed by atoms with Crippen LogP contribution < -0.4 is 4.72 Å². The Balaban J connectivity index is 2.69. The van der Waals surface area contributed by atoms with E-state index in [2.05, 4.69) is 4.72 Å². The number of hydrogen-bond donors (Lipinski definition) is 1. The highest BCUT2D eigenvalue weighted by Crippen LogP contribution is 2.13. The number of carbonyl (C=O) groups excluding carboxylic acids is 1. The van der Waals surface area contributed by atoms with E-state index in [1.807, 2.05) is 6.92 Å². The first-order chi connectivity index (χ1) is 8.98. The molecule has 1 N–H and O–H groups in total. The van der Waals surface area contributed by atoms with Crippen LogP contribution in [0.25, 0.3) is 0 Å². The van der Waals surface area contributed by atoms with Gasteiger partial charge in [0.15, 0.2) is 0 Å². The molecule has 5 nitrogen and oxygen atoms in total. The summed E-state index contributed by atoms with van der Waals surface area (Å²) in [6.45, 7) is 3.97. The number of unbranched alkanes of at least 4 members (excludes halogenated alkanes) is 1. The first-order valence-electron chi connectivity index (χ1n) is 6.26.